The molecule has 0 saturated carbocycles. The number of nitrogens with two attached hydrogens (primary N) is 1. The van der Waals surface area contributed by atoms with Gasteiger partial charge in [-0.1, -0.05) is 6.58 Å². The minimum Gasteiger partial charge on any atom is -0.497 e. The van der Waals surface area contributed by atoms with Gasteiger partial charge in [0.1, 0.15) is 18.2 Å². The van der Waals surface area contributed by atoms with Gasteiger partial charge in [0, 0.05) is 0 Å². The quantitative estimate of drug-likeness (QED) is 0.548. The number of allylic oxidation sites excluding steroid dienone is 1. The van der Waals surface area contributed by atoms with E-state index >= 15 is 0 Å². The van der Waals surface area contributed by atoms with E-state index in [1.807, 2.05) is 0 Å². The van der Waals surface area contributed by atoms with Crippen LogP contribution in [0.2, 0.25) is 0 Å². The van der Waals surface area contributed by atoms with Crippen LogP contribution < -0.4 is 5.73 Å². The Labute approximate surface area is 85.1 Å². The molecule has 2 N–H and O–H groups in total. The van der Waals surface area contributed by atoms with Gasteiger partial charge >= 0.3 is 5.97 Å². The Bertz CT molecular complexity index is 218. The fraction of sp³-hybridized carbons (Fsp3) is 0.700. The van der Waals surface area contributed by atoms with Crippen molar-refractivity contribution >= 4 is 5.97 Å². The predicted molar refractivity (Wildman–Crippen MR) is 54.6 cm³/mol. The summed E-state index contributed by atoms with van der Waals surface area (Å²) in [5, 5.41) is 0. The molecule has 82 valence electrons. The molecule has 0 heterocycles. The third-order valence-corrected chi connectivity index (χ3v) is 1.22. The fourth-order valence-electron chi connectivity index (χ4n) is 0.678. The van der Waals surface area contributed by atoms with E-state index < -0.39 is 17.6 Å². The number of hydrogen-bond acceptors (Lipinski definition) is 4. The van der Waals surface area contributed by atoms with Crippen LogP contribution in [0.1, 0.15) is 27.7 Å². The van der Waals surface area contributed by atoms with Crippen molar-refractivity contribution in [1.82, 2.24) is 0 Å². The molecule has 0 aromatic carbocycles. The number of carbonyl (C=O) groups excluding carboxylic acids is 1. The minimum absolute atomic E-state index is 0.101. The highest BCUT2D eigenvalue weighted by atomic mass is 16.6. The standard InChI is InChI=1S/C10H19NO3/c1-7(2)13-6-8(11)9(12)14-10(3,4)5/h8H,1,6,11H2,2-5H3/t8-/m0/s1. The smallest absolute Gasteiger partial charge is 0.326 e. The van der Waals surface area contributed by atoms with E-state index in [0.29, 0.717) is 5.76 Å². The molecule has 0 unspecified atom stereocenters. The molecule has 0 aliphatic heterocycles. The highest BCUT2D eigenvalue weighted by Crippen LogP contribution is 2.08. The zero-order valence-corrected chi connectivity index (χ0v) is 9.29. The lowest BCUT2D eigenvalue weighted by atomic mass is 10.2. The molecular weight excluding hydrogens is 182 g/mol. The van der Waals surface area contributed by atoms with Crippen molar-refractivity contribution in [2.24, 2.45) is 5.73 Å². The van der Waals surface area contributed by atoms with Crippen molar-refractivity contribution in [1.29, 1.82) is 0 Å². The minimum atomic E-state index is -0.758. The van der Waals surface area contributed by atoms with E-state index in [4.69, 9.17) is 15.2 Å². The van der Waals surface area contributed by atoms with Crippen molar-refractivity contribution < 1.29 is 14.3 Å². The molecule has 0 rings (SSSR count). The highest BCUT2D eigenvalue weighted by molar-refractivity contribution is 5.76. The van der Waals surface area contributed by atoms with E-state index in [1.165, 1.54) is 0 Å². The summed E-state index contributed by atoms with van der Waals surface area (Å²) in [4.78, 5) is 11.3. The van der Waals surface area contributed by atoms with E-state index in [0.717, 1.165) is 0 Å². The Balaban J connectivity index is 3.94. The first-order valence-corrected chi connectivity index (χ1v) is 4.49. The Morgan fingerprint density at radius 3 is 2.36 bits per heavy atom. The van der Waals surface area contributed by atoms with Crippen molar-refractivity contribution in [3.05, 3.63) is 12.3 Å². The van der Waals surface area contributed by atoms with Crippen LogP contribution in [-0.4, -0.2) is 24.2 Å². The van der Waals surface area contributed by atoms with E-state index in [2.05, 4.69) is 6.58 Å². The normalized spacial score (nSPS) is 13.2. The van der Waals surface area contributed by atoms with Crippen molar-refractivity contribution in [2.75, 3.05) is 6.61 Å². The molecule has 0 aromatic heterocycles. The molecule has 0 bridgehead atoms. The second-order valence-electron chi connectivity index (χ2n) is 4.15. The van der Waals surface area contributed by atoms with Crippen molar-refractivity contribution in [2.45, 2.75) is 39.3 Å². The molecular formula is C10H19NO3. The summed E-state index contributed by atoms with van der Waals surface area (Å²) in [5.41, 5.74) is 5.02. The second-order valence-corrected chi connectivity index (χ2v) is 4.15. The average Bonchev–Trinajstić information content (AvgIpc) is 1.96. The van der Waals surface area contributed by atoms with Gasteiger partial charge in [0.25, 0.3) is 0 Å². The molecule has 0 aliphatic carbocycles. The first kappa shape index (κ1) is 13.0. The van der Waals surface area contributed by atoms with Gasteiger partial charge in [-0.15, -0.1) is 0 Å². The molecule has 4 nitrogen and oxygen atoms in total. The third-order valence-electron chi connectivity index (χ3n) is 1.22. The monoisotopic (exact) mass is 201 g/mol. The molecule has 14 heavy (non-hydrogen) atoms. The van der Waals surface area contributed by atoms with Gasteiger partial charge in [-0.3, -0.25) is 4.79 Å². The van der Waals surface area contributed by atoms with Gasteiger partial charge in [0.15, 0.2) is 0 Å². The van der Waals surface area contributed by atoms with Crippen molar-refractivity contribution in [3.8, 4) is 0 Å². The molecule has 0 fully saturated rings. The van der Waals surface area contributed by atoms with Crippen LogP contribution in [-0.2, 0) is 14.3 Å². The van der Waals surface area contributed by atoms with Crippen LogP contribution in [0, 0.1) is 0 Å². The maximum atomic E-state index is 11.3. The number of rotatable bonds is 4. The maximum absolute atomic E-state index is 11.3. The van der Waals surface area contributed by atoms with Crippen LogP contribution in [0.25, 0.3) is 0 Å². The molecule has 0 radical (unpaired) electrons. The Kier molecular flexibility index (Phi) is 4.63. The number of hydrogen-bond donors (Lipinski definition) is 1. The first-order chi connectivity index (χ1) is 6.22. The molecule has 1 atom stereocenters. The van der Waals surface area contributed by atoms with Crippen LogP contribution in [0.4, 0.5) is 0 Å². The van der Waals surface area contributed by atoms with Gasteiger partial charge in [0.05, 0.1) is 5.76 Å². The lowest BCUT2D eigenvalue weighted by molar-refractivity contribution is -0.157. The van der Waals surface area contributed by atoms with Gasteiger partial charge < -0.3 is 15.2 Å². The summed E-state index contributed by atoms with van der Waals surface area (Å²) in [6, 6.07) is -0.758. The number of esters is 1. The lowest BCUT2D eigenvalue weighted by Gasteiger charge is -2.22. The zero-order valence-electron chi connectivity index (χ0n) is 9.29. The largest absolute Gasteiger partial charge is 0.497 e. The Morgan fingerprint density at radius 1 is 1.50 bits per heavy atom. The predicted octanol–water partition coefficient (Wildman–Crippen LogP) is 1.21. The highest BCUT2D eigenvalue weighted by Gasteiger charge is 2.22. The molecule has 4 heteroatoms. The zero-order chi connectivity index (χ0) is 11.4. The maximum Gasteiger partial charge on any atom is 0.326 e. The molecule has 0 amide bonds. The van der Waals surface area contributed by atoms with Crippen LogP contribution in [0.5, 0.6) is 0 Å². The van der Waals surface area contributed by atoms with Crippen LogP contribution in [0.3, 0.4) is 0 Å². The van der Waals surface area contributed by atoms with Gasteiger partial charge in [-0.25, -0.2) is 0 Å². The molecule has 0 spiro atoms. The summed E-state index contributed by atoms with van der Waals surface area (Å²) >= 11 is 0. The Morgan fingerprint density at radius 2 is 2.00 bits per heavy atom. The van der Waals surface area contributed by atoms with Crippen LogP contribution >= 0.6 is 0 Å². The molecule has 0 aliphatic rings. The third kappa shape index (κ3) is 6.48. The Hall–Kier alpha value is -1.03. The number of ether oxygens (including phenoxy) is 2. The van der Waals surface area contributed by atoms with Gasteiger partial charge in [-0.05, 0) is 27.7 Å². The SMILES string of the molecule is C=C(C)OC[C@H](N)C(=O)OC(C)(C)C. The lowest BCUT2D eigenvalue weighted by Crippen LogP contribution is -2.40. The van der Waals surface area contributed by atoms with E-state index in [-0.39, 0.29) is 6.61 Å². The first-order valence-electron chi connectivity index (χ1n) is 4.49. The van der Waals surface area contributed by atoms with Crippen molar-refractivity contribution in [3.63, 3.8) is 0 Å². The topological polar surface area (TPSA) is 61.5 Å². The van der Waals surface area contributed by atoms with Gasteiger partial charge in [-0.2, -0.15) is 0 Å². The summed E-state index contributed by atoms with van der Waals surface area (Å²) < 4.78 is 10.1. The molecule has 0 saturated heterocycles. The number of carbonyl (C=O) groups is 1. The molecule has 0 aromatic rings. The fourth-order valence-corrected chi connectivity index (χ4v) is 0.678. The van der Waals surface area contributed by atoms with Crippen LogP contribution in [0.15, 0.2) is 12.3 Å². The van der Waals surface area contributed by atoms with E-state index in [1.54, 1.807) is 27.7 Å². The van der Waals surface area contributed by atoms with Gasteiger partial charge in [0.2, 0.25) is 0 Å². The van der Waals surface area contributed by atoms with E-state index in [9.17, 15) is 4.79 Å². The summed E-state index contributed by atoms with van der Waals surface area (Å²) in [5.74, 6) is 0.0720. The second kappa shape index (κ2) is 5.00. The summed E-state index contributed by atoms with van der Waals surface area (Å²) in [7, 11) is 0. The summed E-state index contributed by atoms with van der Waals surface area (Å²) in [6.45, 7) is 10.7. The average molecular weight is 201 g/mol. The summed E-state index contributed by atoms with van der Waals surface area (Å²) in [6.07, 6.45) is 0.